The third-order valence-corrected chi connectivity index (χ3v) is 3.52. The number of nitrogens with zero attached hydrogens (tertiary/aromatic N) is 2. The number of thioether (sulfide) groups is 1. The van der Waals surface area contributed by atoms with Crippen molar-refractivity contribution in [3.05, 3.63) is 30.2 Å². The first-order valence-electron chi connectivity index (χ1n) is 6.07. The average molecular weight is 263 g/mol. The van der Waals surface area contributed by atoms with Gasteiger partial charge >= 0.3 is 0 Å². The lowest BCUT2D eigenvalue weighted by atomic mass is 10.2. The zero-order chi connectivity index (χ0) is 13.0. The van der Waals surface area contributed by atoms with E-state index in [4.69, 9.17) is 10.3 Å². The summed E-state index contributed by atoms with van der Waals surface area (Å²) in [5, 5.41) is 3.96. The summed E-state index contributed by atoms with van der Waals surface area (Å²) in [5.74, 6) is 2.17. The van der Waals surface area contributed by atoms with E-state index in [2.05, 4.69) is 29.2 Å². The Balaban J connectivity index is 2.18. The second kappa shape index (κ2) is 6.02. The molecule has 0 saturated carbocycles. The van der Waals surface area contributed by atoms with Crippen LogP contribution in [0.25, 0.3) is 11.4 Å². The molecule has 0 aliphatic heterocycles. The Bertz CT molecular complexity index is 495. The summed E-state index contributed by atoms with van der Waals surface area (Å²) < 4.78 is 5.16. The fourth-order valence-corrected chi connectivity index (χ4v) is 2.21. The van der Waals surface area contributed by atoms with Gasteiger partial charge in [-0.25, -0.2) is 0 Å². The predicted molar refractivity (Wildman–Crippen MR) is 73.4 cm³/mol. The van der Waals surface area contributed by atoms with E-state index < -0.39 is 0 Å². The van der Waals surface area contributed by atoms with E-state index in [0.717, 1.165) is 17.7 Å². The van der Waals surface area contributed by atoms with Crippen molar-refractivity contribution in [3.63, 3.8) is 0 Å². The number of rotatable bonds is 5. The highest BCUT2D eigenvalue weighted by Crippen LogP contribution is 2.23. The van der Waals surface area contributed by atoms with Gasteiger partial charge in [0.1, 0.15) is 0 Å². The molecule has 0 fully saturated rings. The van der Waals surface area contributed by atoms with Crippen molar-refractivity contribution in [1.82, 2.24) is 10.1 Å². The number of hydrogen-bond acceptors (Lipinski definition) is 5. The van der Waals surface area contributed by atoms with Crippen molar-refractivity contribution in [3.8, 4) is 11.4 Å². The smallest absolute Gasteiger partial charge is 0.243 e. The Labute approximate surface area is 111 Å². The summed E-state index contributed by atoms with van der Waals surface area (Å²) in [6.45, 7) is 4.13. The van der Waals surface area contributed by atoms with Gasteiger partial charge in [0, 0.05) is 10.5 Å². The third-order valence-electron chi connectivity index (χ3n) is 2.62. The van der Waals surface area contributed by atoms with Crippen molar-refractivity contribution < 1.29 is 4.52 Å². The highest BCUT2D eigenvalue weighted by atomic mass is 32.2. The molecule has 1 aromatic heterocycles. The van der Waals surface area contributed by atoms with E-state index in [-0.39, 0.29) is 6.04 Å². The normalized spacial score (nSPS) is 12.6. The van der Waals surface area contributed by atoms with Crippen LogP contribution in [-0.2, 0) is 0 Å². The molecule has 0 aliphatic rings. The molecule has 1 unspecified atom stereocenters. The molecule has 0 bridgehead atoms. The highest BCUT2D eigenvalue weighted by Gasteiger charge is 2.13. The third kappa shape index (κ3) is 2.91. The molecule has 1 aromatic carbocycles. The van der Waals surface area contributed by atoms with Crippen LogP contribution in [0.3, 0.4) is 0 Å². The quantitative estimate of drug-likeness (QED) is 0.839. The molecule has 96 valence electrons. The maximum Gasteiger partial charge on any atom is 0.243 e. The molecule has 1 atom stereocenters. The van der Waals surface area contributed by atoms with Gasteiger partial charge in [-0.15, -0.1) is 11.8 Å². The number of nitrogens with two attached hydrogens (primary N) is 1. The zero-order valence-electron chi connectivity index (χ0n) is 10.6. The van der Waals surface area contributed by atoms with E-state index in [9.17, 15) is 0 Å². The number of hydrogen-bond donors (Lipinski definition) is 1. The van der Waals surface area contributed by atoms with E-state index in [1.54, 1.807) is 0 Å². The minimum Gasteiger partial charge on any atom is -0.337 e. The molecule has 0 aliphatic carbocycles. The molecule has 0 spiro atoms. The molecule has 0 saturated heterocycles. The van der Waals surface area contributed by atoms with Gasteiger partial charge < -0.3 is 10.3 Å². The van der Waals surface area contributed by atoms with E-state index in [1.807, 2.05) is 30.8 Å². The van der Waals surface area contributed by atoms with Gasteiger partial charge in [0.15, 0.2) is 0 Å². The molecule has 4 nitrogen and oxygen atoms in total. The van der Waals surface area contributed by atoms with Crippen molar-refractivity contribution in [2.75, 3.05) is 5.75 Å². The molecule has 1 heterocycles. The lowest BCUT2D eigenvalue weighted by Crippen LogP contribution is -2.08. The molecule has 2 N–H and O–H groups in total. The fourth-order valence-electron chi connectivity index (χ4n) is 1.54. The lowest BCUT2D eigenvalue weighted by Gasteiger charge is -2.00. The maximum atomic E-state index is 5.85. The Morgan fingerprint density at radius 2 is 2.00 bits per heavy atom. The lowest BCUT2D eigenvalue weighted by molar-refractivity contribution is 0.352. The monoisotopic (exact) mass is 263 g/mol. The van der Waals surface area contributed by atoms with Crippen molar-refractivity contribution in [1.29, 1.82) is 0 Å². The van der Waals surface area contributed by atoms with Gasteiger partial charge in [-0.1, -0.05) is 19.0 Å². The molecular weight excluding hydrogens is 246 g/mol. The Kier molecular flexibility index (Phi) is 4.38. The first kappa shape index (κ1) is 13.1. The van der Waals surface area contributed by atoms with Gasteiger partial charge in [0.25, 0.3) is 0 Å². The van der Waals surface area contributed by atoms with Crippen LogP contribution < -0.4 is 5.73 Å². The Morgan fingerprint density at radius 3 is 2.61 bits per heavy atom. The molecule has 0 radical (unpaired) electrons. The minimum absolute atomic E-state index is 0.179. The van der Waals surface area contributed by atoms with Crippen molar-refractivity contribution >= 4 is 11.8 Å². The first-order chi connectivity index (χ1) is 8.74. The highest BCUT2D eigenvalue weighted by molar-refractivity contribution is 7.99. The van der Waals surface area contributed by atoms with Crippen LogP contribution in [-0.4, -0.2) is 15.9 Å². The van der Waals surface area contributed by atoms with Crippen LogP contribution in [0.4, 0.5) is 0 Å². The van der Waals surface area contributed by atoms with Gasteiger partial charge in [0.2, 0.25) is 11.7 Å². The number of benzene rings is 1. The summed E-state index contributed by atoms with van der Waals surface area (Å²) in [4.78, 5) is 5.56. The van der Waals surface area contributed by atoms with E-state index >= 15 is 0 Å². The second-order valence-corrected chi connectivity index (χ2v) is 5.27. The van der Waals surface area contributed by atoms with E-state index in [1.165, 1.54) is 4.90 Å². The zero-order valence-corrected chi connectivity index (χ0v) is 11.4. The summed E-state index contributed by atoms with van der Waals surface area (Å²) in [6.07, 6.45) is 0.785. The largest absolute Gasteiger partial charge is 0.337 e. The van der Waals surface area contributed by atoms with Crippen LogP contribution >= 0.6 is 11.8 Å². The van der Waals surface area contributed by atoms with Gasteiger partial charge in [-0.3, -0.25) is 0 Å². The average Bonchev–Trinajstić information content (AvgIpc) is 2.89. The SMILES string of the molecule is CCSc1ccc(-c2noc(C(N)CC)n2)cc1. The first-order valence-corrected chi connectivity index (χ1v) is 7.05. The molecule has 2 aromatic rings. The summed E-state index contributed by atoms with van der Waals surface area (Å²) in [7, 11) is 0. The number of aromatic nitrogens is 2. The van der Waals surface area contributed by atoms with Crippen LogP contribution in [0.15, 0.2) is 33.7 Å². The molecule has 2 rings (SSSR count). The Hall–Kier alpha value is -1.33. The van der Waals surface area contributed by atoms with Crippen molar-refractivity contribution in [2.45, 2.75) is 31.2 Å². The van der Waals surface area contributed by atoms with Crippen LogP contribution in [0.5, 0.6) is 0 Å². The minimum atomic E-state index is -0.179. The van der Waals surface area contributed by atoms with Crippen LogP contribution in [0, 0.1) is 0 Å². The molecule has 18 heavy (non-hydrogen) atoms. The maximum absolute atomic E-state index is 5.85. The second-order valence-electron chi connectivity index (χ2n) is 3.93. The van der Waals surface area contributed by atoms with Crippen molar-refractivity contribution in [2.24, 2.45) is 5.73 Å². The standard InChI is InChI=1S/C13H17N3OS/c1-3-11(14)13-15-12(16-17-13)9-5-7-10(8-6-9)18-4-2/h5-8,11H,3-4,14H2,1-2H3. The summed E-state index contributed by atoms with van der Waals surface area (Å²) in [6, 6.07) is 7.97. The summed E-state index contributed by atoms with van der Waals surface area (Å²) >= 11 is 1.81. The van der Waals surface area contributed by atoms with Gasteiger partial charge in [0.05, 0.1) is 6.04 Å². The summed E-state index contributed by atoms with van der Waals surface area (Å²) in [5.41, 5.74) is 6.80. The predicted octanol–water partition coefficient (Wildman–Crippen LogP) is 3.26. The van der Waals surface area contributed by atoms with Crippen LogP contribution in [0.1, 0.15) is 32.2 Å². The fraction of sp³-hybridized carbons (Fsp3) is 0.385. The van der Waals surface area contributed by atoms with Gasteiger partial charge in [-0.2, -0.15) is 4.98 Å². The molecule has 0 amide bonds. The van der Waals surface area contributed by atoms with Gasteiger partial charge in [-0.05, 0) is 36.4 Å². The Morgan fingerprint density at radius 1 is 1.28 bits per heavy atom. The topological polar surface area (TPSA) is 64.9 Å². The molecular formula is C13H17N3OS. The van der Waals surface area contributed by atoms with Crippen LogP contribution in [0.2, 0.25) is 0 Å². The molecule has 5 heteroatoms. The van der Waals surface area contributed by atoms with E-state index in [0.29, 0.717) is 11.7 Å².